The van der Waals surface area contributed by atoms with E-state index in [1.807, 2.05) is 6.07 Å². The zero-order valence-electron chi connectivity index (χ0n) is 14.1. The van der Waals surface area contributed by atoms with Gasteiger partial charge in [-0.05, 0) is 33.6 Å². The fourth-order valence-corrected chi connectivity index (χ4v) is 4.83. The Bertz CT molecular complexity index is 810. The molecular weight excluding hydrogens is 409 g/mol. The summed E-state index contributed by atoms with van der Waals surface area (Å²) in [4.78, 5) is 14.6. The van der Waals surface area contributed by atoms with Crippen LogP contribution < -0.4 is 5.32 Å². The number of nitrogens with one attached hydrogen (secondary N) is 1. The lowest BCUT2D eigenvalue weighted by Crippen LogP contribution is -2.30. The van der Waals surface area contributed by atoms with Crippen molar-refractivity contribution in [2.75, 3.05) is 4.93 Å². The Morgan fingerprint density at radius 1 is 1.04 bits per heavy atom. The van der Waals surface area contributed by atoms with Crippen LogP contribution in [0.15, 0.2) is 66.7 Å². The molecular formula is C21H22INO. The zero-order chi connectivity index (χ0) is 17.2. The predicted molar refractivity (Wildman–Crippen MR) is 111 cm³/mol. The quantitative estimate of drug-likeness (QED) is 0.537. The Hall–Kier alpha value is -1.75. The molecule has 0 saturated carbocycles. The third kappa shape index (κ3) is 3.51. The molecule has 1 aliphatic heterocycles. The Kier molecular flexibility index (Phi) is 4.99. The minimum atomic E-state index is -0.216. The first-order chi connectivity index (χ1) is 11.5. The predicted octanol–water partition coefficient (Wildman–Crippen LogP) is 4.81. The van der Waals surface area contributed by atoms with E-state index < -0.39 is 0 Å². The summed E-state index contributed by atoms with van der Waals surface area (Å²) in [5, 5.41) is 3.08. The van der Waals surface area contributed by atoms with Gasteiger partial charge in [-0.25, -0.2) is 0 Å². The van der Waals surface area contributed by atoms with Crippen molar-refractivity contribution in [3.8, 4) is 11.1 Å². The lowest BCUT2D eigenvalue weighted by Gasteiger charge is -2.28. The molecule has 0 spiro atoms. The SMILES string of the molecule is C=C1C[C@](C)(c2cccc(-c3ccccc3)c2)CC(=O)NC1=IC. The second kappa shape index (κ2) is 7.01. The van der Waals surface area contributed by atoms with E-state index in [2.05, 4.69) is 72.3 Å². The number of hydrogen-bond acceptors (Lipinski definition) is 1. The van der Waals surface area contributed by atoms with Crippen LogP contribution in [0.25, 0.3) is 11.1 Å². The molecule has 2 nitrogen and oxygen atoms in total. The fourth-order valence-electron chi connectivity index (χ4n) is 3.31. The van der Waals surface area contributed by atoms with Crippen molar-refractivity contribution in [1.82, 2.24) is 5.32 Å². The van der Waals surface area contributed by atoms with E-state index in [-0.39, 0.29) is 32.1 Å². The van der Waals surface area contributed by atoms with Gasteiger partial charge in [0.1, 0.15) is 0 Å². The summed E-state index contributed by atoms with van der Waals surface area (Å²) in [6, 6.07) is 18.9. The van der Waals surface area contributed by atoms with Crippen LogP contribution >= 0.6 is 20.7 Å². The normalized spacial score (nSPS) is 23.3. The largest absolute Gasteiger partial charge is 0.321 e. The topological polar surface area (TPSA) is 29.1 Å². The van der Waals surface area contributed by atoms with Gasteiger partial charge in [-0.2, -0.15) is 0 Å². The van der Waals surface area contributed by atoms with E-state index in [4.69, 9.17) is 0 Å². The third-order valence-corrected chi connectivity index (χ3v) is 6.68. The number of carbonyl (C=O) groups excluding carboxylic acids is 1. The summed E-state index contributed by atoms with van der Waals surface area (Å²) in [6.07, 6.45) is 1.32. The lowest BCUT2D eigenvalue weighted by molar-refractivity contribution is -0.120. The highest BCUT2D eigenvalue weighted by molar-refractivity contribution is 14.2. The first-order valence-electron chi connectivity index (χ1n) is 8.02. The minimum absolute atomic E-state index is 0.109. The van der Waals surface area contributed by atoms with Crippen molar-refractivity contribution in [1.29, 1.82) is 0 Å². The van der Waals surface area contributed by atoms with E-state index in [1.54, 1.807) is 0 Å². The molecule has 0 radical (unpaired) electrons. The number of amides is 1. The van der Waals surface area contributed by atoms with Crippen molar-refractivity contribution >= 4 is 30.3 Å². The highest BCUT2D eigenvalue weighted by atomic mass is 127. The van der Waals surface area contributed by atoms with Gasteiger partial charge < -0.3 is 5.32 Å². The maximum atomic E-state index is 12.4. The molecule has 124 valence electrons. The van der Waals surface area contributed by atoms with Gasteiger partial charge in [0.2, 0.25) is 5.91 Å². The maximum Gasteiger partial charge on any atom is 0.225 e. The van der Waals surface area contributed by atoms with Crippen LogP contribution in [-0.4, -0.2) is 14.5 Å². The summed E-state index contributed by atoms with van der Waals surface area (Å²) < 4.78 is 1.08. The third-order valence-electron chi connectivity index (χ3n) is 4.57. The average molecular weight is 431 g/mol. The first-order valence-corrected chi connectivity index (χ1v) is 11.3. The average Bonchev–Trinajstić information content (AvgIpc) is 2.71. The van der Waals surface area contributed by atoms with Crippen LogP contribution in [0, 0.1) is 0 Å². The molecule has 0 unspecified atom stereocenters. The van der Waals surface area contributed by atoms with E-state index in [9.17, 15) is 4.79 Å². The smallest absolute Gasteiger partial charge is 0.225 e. The molecule has 1 fully saturated rings. The number of halogens is 1. The van der Waals surface area contributed by atoms with Crippen molar-refractivity contribution in [3.05, 3.63) is 72.3 Å². The molecule has 1 amide bonds. The van der Waals surface area contributed by atoms with Crippen LogP contribution in [-0.2, 0) is 10.2 Å². The molecule has 1 N–H and O–H groups in total. The van der Waals surface area contributed by atoms with Gasteiger partial charge in [0.25, 0.3) is 0 Å². The molecule has 2 aromatic rings. The van der Waals surface area contributed by atoms with Gasteiger partial charge in [-0.15, -0.1) is 0 Å². The van der Waals surface area contributed by atoms with Gasteiger partial charge in [0.05, 0.1) is 3.63 Å². The van der Waals surface area contributed by atoms with Crippen LogP contribution in [0.1, 0.15) is 25.3 Å². The molecule has 3 heteroatoms. The Balaban J connectivity index is 2.01. The number of benzene rings is 2. The number of rotatable bonds is 2. The van der Waals surface area contributed by atoms with Gasteiger partial charge >= 0.3 is 0 Å². The van der Waals surface area contributed by atoms with E-state index in [0.29, 0.717) is 6.42 Å². The molecule has 1 aliphatic rings. The van der Waals surface area contributed by atoms with Crippen LogP contribution in [0.5, 0.6) is 0 Å². The molecule has 0 bridgehead atoms. The summed E-state index contributed by atoms with van der Waals surface area (Å²) in [7, 11) is 0. The molecule has 1 heterocycles. The highest BCUT2D eigenvalue weighted by Gasteiger charge is 2.34. The van der Waals surface area contributed by atoms with Crippen molar-refractivity contribution < 1.29 is 4.79 Å². The fraction of sp³-hybridized carbons (Fsp3) is 0.238. The standard InChI is InChI=1S/C21H22INO/c1-15-13-21(2,14-19(24)23-20(15)22-3)18-11-7-10-17(12-18)16-8-5-4-6-9-16/h4-12H,1,13-14H2,2-3H3,(H,23,24)/t21-/m0/s1. The van der Waals surface area contributed by atoms with Gasteiger partial charge in [-0.1, -0.05) is 88.8 Å². The monoisotopic (exact) mass is 431 g/mol. The Labute approximate surface area is 153 Å². The summed E-state index contributed by atoms with van der Waals surface area (Å²) >= 11 is -0.169. The first kappa shape index (κ1) is 17.1. The summed E-state index contributed by atoms with van der Waals surface area (Å²) in [5.74, 6) is 0.109. The van der Waals surface area contributed by atoms with Crippen molar-refractivity contribution in [2.24, 2.45) is 0 Å². The number of hydrogen-bond donors (Lipinski definition) is 1. The molecule has 1 atom stereocenters. The summed E-state index contributed by atoms with van der Waals surface area (Å²) in [5.41, 5.74) is 4.47. The van der Waals surface area contributed by atoms with Crippen LogP contribution in [0.4, 0.5) is 0 Å². The van der Waals surface area contributed by atoms with Crippen molar-refractivity contribution in [3.63, 3.8) is 0 Å². The zero-order valence-corrected chi connectivity index (χ0v) is 16.3. The molecule has 0 aromatic heterocycles. The Morgan fingerprint density at radius 2 is 1.75 bits per heavy atom. The van der Waals surface area contributed by atoms with Crippen LogP contribution in [0.3, 0.4) is 0 Å². The second-order valence-corrected chi connectivity index (χ2v) is 8.67. The maximum absolute atomic E-state index is 12.4. The summed E-state index contributed by atoms with van der Waals surface area (Å²) in [6.45, 7) is 6.42. The second-order valence-electron chi connectivity index (χ2n) is 6.52. The van der Waals surface area contributed by atoms with E-state index in [1.165, 1.54) is 16.7 Å². The lowest BCUT2D eigenvalue weighted by atomic mass is 9.74. The molecule has 0 aliphatic carbocycles. The van der Waals surface area contributed by atoms with Crippen molar-refractivity contribution in [2.45, 2.75) is 25.2 Å². The van der Waals surface area contributed by atoms with E-state index >= 15 is 0 Å². The minimum Gasteiger partial charge on any atom is -0.321 e. The molecule has 1 saturated heterocycles. The number of carbonyl (C=O) groups is 1. The number of alkyl halides is 1. The Morgan fingerprint density at radius 3 is 2.46 bits per heavy atom. The molecule has 3 rings (SSSR count). The molecule has 24 heavy (non-hydrogen) atoms. The van der Waals surface area contributed by atoms with Crippen LogP contribution in [0.2, 0.25) is 0 Å². The van der Waals surface area contributed by atoms with Gasteiger partial charge in [0.15, 0.2) is 0 Å². The van der Waals surface area contributed by atoms with Gasteiger partial charge in [-0.3, -0.25) is 4.79 Å². The van der Waals surface area contributed by atoms with E-state index in [0.717, 1.165) is 15.6 Å². The highest BCUT2D eigenvalue weighted by Crippen LogP contribution is 2.38. The van der Waals surface area contributed by atoms with Gasteiger partial charge in [0, 0.05) is 11.8 Å². The molecule has 2 aromatic carbocycles.